The van der Waals surface area contributed by atoms with Crippen molar-refractivity contribution in [2.45, 2.75) is 49.1 Å². The van der Waals surface area contributed by atoms with Crippen LogP contribution < -0.4 is 4.90 Å². The van der Waals surface area contributed by atoms with E-state index in [1.165, 1.54) is 28.7 Å². The Bertz CT molecular complexity index is 949. The largest absolute Gasteiger partial charge is 0.466 e. The van der Waals surface area contributed by atoms with Gasteiger partial charge in [-0.2, -0.15) is 0 Å². The van der Waals surface area contributed by atoms with Gasteiger partial charge in [0, 0.05) is 35.3 Å². The van der Waals surface area contributed by atoms with Crippen molar-refractivity contribution >= 4 is 40.5 Å². The smallest absolute Gasteiger partial charge is 0.311 e. The van der Waals surface area contributed by atoms with Crippen molar-refractivity contribution < 1.29 is 14.3 Å². The van der Waals surface area contributed by atoms with Crippen LogP contribution in [0, 0.1) is 0 Å². The molecule has 0 radical (unpaired) electrons. The highest BCUT2D eigenvalue weighted by atomic mass is 32.2. The van der Waals surface area contributed by atoms with E-state index < -0.39 is 0 Å². The quantitative estimate of drug-likeness (QED) is 0.363. The lowest BCUT2D eigenvalue weighted by atomic mass is 9.83. The molecule has 5 nitrogen and oxygen atoms in total. The highest BCUT2D eigenvalue weighted by Gasteiger charge is 2.38. The number of benzene rings is 1. The van der Waals surface area contributed by atoms with Crippen molar-refractivity contribution in [1.29, 1.82) is 0 Å². The molecule has 1 atom stereocenters. The maximum atomic E-state index is 12.9. The van der Waals surface area contributed by atoms with E-state index in [0.29, 0.717) is 12.3 Å². The van der Waals surface area contributed by atoms with Gasteiger partial charge in [0.15, 0.2) is 10.1 Å². The molecule has 0 saturated heterocycles. The maximum Gasteiger partial charge on any atom is 0.311 e. The van der Waals surface area contributed by atoms with Gasteiger partial charge in [-0.05, 0) is 25.5 Å². The van der Waals surface area contributed by atoms with Gasteiger partial charge in [0.25, 0.3) is 0 Å². The number of hydrogen-bond acceptors (Lipinski definition) is 7. The normalized spacial score (nSPS) is 17.3. The van der Waals surface area contributed by atoms with E-state index in [9.17, 15) is 9.59 Å². The molecule has 0 spiro atoms. The number of carbonyl (C=O) groups excluding carboxylic acids is 2. The molecule has 0 amide bonds. The molecular weight excluding hydrogens is 404 g/mol. The van der Waals surface area contributed by atoms with Crippen molar-refractivity contribution in [1.82, 2.24) is 4.98 Å². The molecule has 0 unspecified atom stereocenters. The second kappa shape index (κ2) is 8.71. The van der Waals surface area contributed by atoms with E-state index in [4.69, 9.17) is 4.74 Å². The van der Waals surface area contributed by atoms with Gasteiger partial charge in [0.05, 0.1) is 24.0 Å². The van der Waals surface area contributed by atoms with E-state index in [0.717, 1.165) is 15.7 Å². The highest BCUT2D eigenvalue weighted by molar-refractivity contribution is 8.02. The van der Waals surface area contributed by atoms with Gasteiger partial charge in [-0.25, -0.2) is 4.98 Å². The molecule has 0 saturated carbocycles. The van der Waals surface area contributed by atoms with Gasteiger partial charge < -0.3 is 9.64 Å². The first-order valence-corrected chi connectivity index (χ1v) is 11.4. The summed E-state index contributed by atoms with van der Waals surface area (Å²) in [6, 6.07) is 8.26. The average molecular weight is 431 g/mol. The van der Waals surface area contributed by atoms with E-state index >= 15 is 0 Å². The van der Waals surface area contributed by atoms with Gasteiger partial charge >= 0.3 is 5.97 Å². The molecule has 0 aliphatic carbocycles. The SMILES string of the molecule is CCOC(=O)Cc1csc(S[C@@H](C)C(=O)/C=C2/N(C)c3ccccc3C2(C)C)n1. The number of allylic oxidation sites excluding steroid dienone is 2. The lowest BCUT2D eigenvalue weighted by Crippen LogP contribution is -2.25. The first-order chi connectivity index (χ1) is 13.7. The Balaban J connectivity index is 1.70. The molecule has 0 bridgehead atoms. The fourth-order valence-electron chi connectivity index (χ4n) is 3.50. The van der Waals surface area contributed by atoms with Gasteiger partial charge in [-0.15, -0.1) is 11.3 Å². The molecule has 0 N–H and O–H groups in total. The number of likely N-dealkylation sites (N-methyl/N-ethyl adjacent to an activating group) is 1. The number of anilines is 1. The number of fused-ring (bicyclic) bond motifs is 1. The van der Waals surface area contributed by atoms with Crippen LogP contribution in [-0.2, 0) is 26.2 Å². The fourth-order valence-corrected chi connectivity index (χ4v) is 5.50. The summed E-state index contributed by atoms with van der Waals surface area (Å²) in [5, 5.41) is 1.58. The van der Waals surface area contributed by atoms with Crippen LogP contribution in [0.25, 0.3) is 0 Å². The van der Waals surface area contributed by atoms with Crippen LogP contribution in [0.1, 0.15) is 39.0 Å². The second-order valence-corrected chi connectivity index (χ2v) is 9.93. The van der Waals surface area contributed by atoms with Crippen molar-refractivity contribution in [3.05, 3.63) is 52.7 Å². The monoisotopic (exact) mass is 430 g/mol. The first-order valence-electron chi connectivity index (χ1n) is 9.60. The zero-order valence-corrected chi connectivity index (χ0v) is 19.0. The summed E-state index contributed by atoms with van der Waals surface area (Å²) in [5.41, 5.74) is 3.82. The fraction of sp³-hybridized carbons (Fsp3) is 0.409. The Morgan fingerprint density at radius 2 is 2.07 bits per heavy atom. The number of thioether (sulfide) groups is 1. The van der Waals surface area contributed by atoms with Crippen LogP contribution >= 0.6 is 23.1 Å². The first kappa shape index (κ1) is 21.6. The topological polar surface area (TPSA) is 59.5 Å². The van der Waals surface area contributed by atoms with E-state index in [-0.39, 0.29) is 28.8 Å². The minimum absolute atomic E-state index is 0.0554. The predicted octanol–water partition coefficient (Wildman–Crippen LogP) is 4.61. The number of hydrogen-bond donors (Lipinski definition) is 0. The Morgan fingerprint density at radius 1 is 1.34 bits per heavy atom. The maximum absolute atomic E-state index is 12.9. The third kappa shape index (κ3) is 4.56. The number of thiazole rings is 1. The Labute approximate surface area is 180 Å². The second-order valence-electron chi connectivity index (χ2n) is 7.48. The van der Waals surface area contributed by atoms with E-state index in [1.807, 2.05) is 31.5 Å². The number of nitrogens with zero attached hydrogens (tertiary/aromatic N) is 2. The van der Waals surface area contributed by atoms with Crippen LogP contribution in [0.15, 0.2) is 45.8 Å². The van der Waals surface area contributed by atoms with Crippen molar-refractivity contribution in [3.8, 4) is 0 Å². The molecule has 3 rings (SSSR count). The minimum atomic E-state index is -0.283. The minimum Gasteiger partial charge on any atom is -0.466 e. The molecule has 1 aromatic carbocycles. The average Bonchev–Trinajstić information content (AvgIpc) is 3.18. The lowest BCUT2D eigenvalue weighted by molar-refractivity contribution is -0.142. The van der Waals surface area contributed by atoms with E-state index in [2.05, 4.69) is 35.9 Å². The summed E-state index contributed by atoms with van der Waals surface area (Å²) in [7, 11) is 2.01. The standard InChI is InChI=1S/C22H26N2O3S2/c1-6-27-20(26)11-15-13-28-21(23-15)29-14(2)18(25)12-19-22(3,4)16-9-7-8-10-17(16)24(19)5/h7-10,12-14H,6,11H2,1-5H3/b19-12+/t14-/m0/s1. The molecule has 29 heavy (non-hydrogen) atoms. The summed E-state index contributed by atoms with van der Waals surface area (Å²) in [6.07, 6.45) is 1.93. The third-order valence-corrected chi connectivity index (χ3v) is 7.20. The Morgan fingerprint density at radius 3 is 2.76 bits per heavy atom. The third-order valence-electron chi connectivity index (χ3n) is 5.06. The van der Waals surface area contributed by atoms with Gasteiger partial charge in [-0.1, -0.05) is 43.8 Å². The summed E-state index contributed by atoms with van der Waals surface area (Å²) in [4.78, 5) is 31.1. The van der Waals surface area contributed by atoms with Crippen LogP contribution in [0.4, 0.5) is 5.69 Å². The van der Waals surface area contributed by atoms with E-state index in [1.54, 1.807) is 13.0 Å². The Hall–Kier alpha value is -2.12. The summed E-state index contributed by atoms with van der Waals surface area (Å²) >= 11 is 2.87. The molecule has 1 aliphatic rings. The van der Waals surface area contributed by atoms with Gasteiger partial charge in [0.1, 0.15) is 0 Å². The number of aromatic nitrogens is 1. The van der Waals surface area contributed by atoms with Crippen molar-refractivity contribution in [2.75, 3.05) is 18.6 Å². The van der Waals surface area contributed by atoms with Crippen molar-refractivity contribution in [2.24, 2.45) is 0 Å². The zero-order chi connectivity index (χ0) is 21.2. The number of para-hydroxylation sites is 1. The molecule has 1 aliphatic heterocycles. The number of ether oxygens (including phenoxy) is 1. The summed E-state index contributed by atoms with van der Waals surface area (Å²) in [6.45, 7) is 8.33. The lowest BCUT2D eigenvalue weighted by Gasteiger charge is -2.24. The molecule has 154 valence electrons. The van der Waals surface area contributed by atoms with Crippen LogP contribution in [0.5, 0.6) is 0 Å². The number of ketones is 1. The summed E-state index contributed by atoms with van der Waals surface area (Å²) < 4.78 is 5.74. The number of rotatable bonds is 7. The number of carbonyl (C=O) groups is 2. The van der Waals surface area contributed by atoms with Gasteiger partial charge in [0.2, 0.25) is 0 Å². The predicted molar refractivity (Wildman–Crippen MR) is 119 cm³/mol. The van der Waals surface area contributed by atoms with Crippen LogP contribution in [0.2, 0.25) is 0 Å². The molecule has 0 fully saturated rings. The summed E-state index contributed by atoms with van der Waals surface area (Å²) in [5.74, 6) is -0.228. The molecular formula is C22H26N2O3S2. The van der Waals surface area contributed by atoms with Crippen LogP contribution in [0.3, 0.4) is 0 Å². The van der Waals surface area contributed by atoms with Crippen molar-refractivity contribution in [3.63, 3.8) is 0 Å². The van der Waals surface area contributed by atoms with Crippen LogP contribution in [-0.4, -0.2) is 35.6 Å². The van der Waals surface area contributed by atoms with Gasteiger partial charge in [-0.3, -0.25) is 9.59 Å². The number of esters is 1. The molecule has 2 aromatic rings. The Kier molecular flexibility index (Phi) is 6.49. The highest BCUT2D eigenvalue weighted by Crippen LogP contribution is 2.46. The molecule has 1 aromatic heterocycles. The molecule has 2 heterocycles. The zero-order valence-electron chi connectivity index (χ0n) is 17.4. The molecule has 7 heteroatoms.